The third-order valence-corrected chi connectivity index (χ3v) is 5.99. The number of carbonyl (C=O) groups is 1. The van der Waals surface area contributed by atoms with Crippen molar-refractivity contribution < 1.29 is 23.4 Å². The molecule has 186 valence electrons. The number of amides is 1. The summed E-state index contributed by atoms with van der Waals surface area (Å²) in [6.45, 7) is 6.32. The van der Waals surface area contributed by atoms with Crippen LogP contribution in [0.4, 0.5) is 5.88 Å². The van der Waals surface area contributed by atoms with Crippen LogP contribution in [0.15, 0.2) is 69.9 Å². The summed E-state index contributed by atoms with van der Waals surface area (Å²) < 4.78 is 22.4. The average Bonchev–Trinajstić information content (AvgIpc) is 2.87. The van der Waals surface area contributed by atoms with E-state index >= 15 is 0 Å². The van der Waals surface area contributed by atoms with Gasteiger partial charge < -0.3 is 18.6 Å². The second-order valence-electron chi connectivity index (χ2n) is 9.33. The molecule has 0 aliphatic carbocycles. The van der Waals surface area contributed by atoms with Gasteiger partial charge in [0.25, 0.3) is 5.91 Å². The van der Waals surface area contributed by atoms with Crippen LogP contribution in [0, 0.1) is 0 Å². The normalized spacial score (nSPS) is 11.3. The van der Waals surface area contributed by atoms with Crippen molar-refractivity contribution >= 4 is 22.8 Å². The molecule has 4 rings (SSSR count). The van der Waals surface area contributed by atoms with Crippen molar-refractivity contribution in [2.45, 2.75) is 26.2 Å². The van der Waals surface area contributed by atoms with Crippen LogP contribution in [0.25, 0.3) is 22.1 Å². The average molecular weight is 488 g/mol. The molecular formula is C29H29NO6. The van der Waals surface area contributed by atoms with E-state index < -0.39 is 5.91 Å². The maximum absolute atomic E-state index is 13.7. The maximum atomic E-state index is 13.7. The van der Waals surface area contributed by atoms with Gasteiger partial charge in [0.15, 0.2) is 11.5 Å². The highest BCUT2D eigenvalue weighted by atomic mass is 16.5. The van der Waals surface area contributed by atoms with Gasteiger partial charge in [-0.1, -0.05) is 45.0 Å². The Balaban J connectivity index is 1.87. The Morgan fingerprint density at radius 1 is 0.861 bits per heavy atom. The summed E-state index contributed by atoms with van der Waals surface area (Å²) in [6.07, 6.45) is 0. The molecule has 0 saturated carbocycles. The molecule has 0 saturated heterocycles. The molecule has 0 unspecified atom stereocenters. The molecule has 0 bridgehead atoms. The van der Waals surface area contributed by atoms with Crippen molar-refractivity contribution in [1.29, 1.82) is 0 Å². The molecule has 0 spiro atoms. The van der Waals surface area contributed by atoms with Crippen molar-refractivity contribution in [3.8, 4) is 28.4 Å². The predicted octanol–water partition coefficient (Wildman–Crippen LogP) is 6.04. The summed E-state index contributed by atoms with van der Waals surface area (Å²) in [7, 11) is 4.49. The van der Waals surface area contributed by atoms with Crippen LogP contribution in [0.2, 0.25) is 0 Å². The van der Waals surface area contributed by atoms with Gasteiger partial charge in [-0.3, -0.25) is 14.9 Å². The maximum Gasteiger partial charge on any atom is 0.257 e. The fourth-order valence-electron chi connectivity index (χ4n) is 4.01. The third-order valence-electron chi connectivity index (χ3n) is 5.99. The zero-order valence-corrected chi connectivity index (χ0v) is 21.2. The number of rotatable bonds is 6. The van der Waals surface area contributed by atoms with Gasteiger partial charge in [-0.25, -0.2) is 0 Å². The molecule has 3 aromatic carbocycles. The molecule has 1 aromatic heterocycles. The number of anilines is 1. The van der Waals surface area contributed by atoms with Gasteiger partial charge in [0.1, 0.15) is 5.58 Å². The van der Waals surface area contributed by atoms with Gasteiger partial charge in [0.05, 0.1) is 32.3 Å². The van der Waals surface area contributed by atoms with Crippen molar-refractivity contribution in [1.82, 2.24) is 0 Å². The van der Waals surface area contributed by atoms with Gasteiger partial charge in [0.2, 0.25) is 17.1 Å². The largest absolute Gasteiger partial charge is 0.493 e. The molecular weight excluding hydrogens is 458 g/mol. The molecule has 1 amide bonds. The minimum Gasteiger partial charge on any atom is -0.493 e. The SMILES string of the molecule is COc1cc(-c2c(NC(=O)c3ccc(C(C)(C)C)cc3)oc3ccccc3c2=O)cc(OC)c1OC. The molecule has 0 fully saturated rings. The van der Waals surface area contributed by atoms with E-state index in [2.05, 4.69) is 26.1 Å². The fourth-order valence-corrected chi connectivity index (χ4v) is 4.01. The number of hydrogen-bond donors (Lipinski definition) is 1. The molecule has 0 aliphatic heterocycles. The van der Waals surface area contributed by atoms with Gasteiger partial charge in [-0.15, -0.1) is 0 Å². The minimum absolute atomic E-state index is 0.0258. The first kappa shape index (κ1) is 24.9. The van der Waals surface area contributed by atoms with Crippen LogP contribution < -0.4 is 25.0 Å². The number of nitrogens with one attached hydrogen (secondary N) is 1. The second kappa shape index (κ2) is 9.77. The van der Waals surface area contributed by atoms with E-state index in [0.29, 0.717) is 39.3 Å². The van der Waals surface area contributed by atoms with E-state index in [1.54, 1.807) is 48.5 Å². The summed E-state index contributed by atoms with van der Waals surface area (Å²) in [5, 5.41) is 3.18. The first-order chi connectivity index (χ1) is 17.2. The highest BCUT2D eigenvalue weighted by molar-refractivity contribution is 6.06. The Morgan fingerprint density at radius 2 is 1.47 bits per heavy atom. The number of fused-ring (bicyclic) bond motifs is 1. The van der Waals surface area contributed by atoms with Crippen LogP contribution in [-0.4, -0.2) is 27.2 Å². The van der Waals surface area contributed by atoms with Gasteiger partial charge in [0, 0.05) is 5.56 Å². The highest BCUT2D eigenvalue weighted by Crippen LogP contribution is 2.42. The van der Waals surface area contributed by atoms with Gasteiger partial charge in [-0.05, 0) is 52.9 Å². The molecule has 1 N–H and O–H groups in total. The highest BCUT2D eigenvalue weighted by Gasteiger charge is 2.23. The predicted molar refractivity (Wildman–Crippen MR) is 141 cm³/mol. The van der Waals surface area contributed by atoms with Crippen molar-refractivity contribution in [2.24, 2.45) is 0 Å². The zero-order valence-electron chi connectivity index (χ0n) is 21.2. The summed E-state index contributed by atoms with van der Waals surface area (Å²) in [5.74, 6) is 0.753. The number of hydrogen-bond acceptors (Lipinski definition) is 6. The number of para-hydroxylation sites is 1. The fraction of sp³-hybridized carbons (Fsp3) is 0.241. The summed E-state index contributed by atoms with van der Waals surface area (Å²) in [5.41, 5.74) is 2.18. The number of methoxy groups -OCH3 is 3. The van der Waals surface area contributed by atoms with E-state index in [9.17, 15) is 9.59 Å². The monoisotopic (exact) mass is 487 g/mol. The standard InChI is InChI=1S/C29H29NO6/c1-29(2,3)19-13-11-17(12-14-19)27(32)30-28-24(25(31)20-9-7-8-10-21(20)36-28)18-15-22(33-4)26(35-6)23(16-18)34-5/h7-16H,1-6H3,(H,30,32). The molecule has 1 heterocycles. The Morgan fingerprint density at radius 3 is 2.03 bits per heavy atom. The third kappa shape index (κ3) is 4.64. The van der Waals surface area contributed by atoms with Crippen molar-refractivity contribution in [3.63, 3.8) is 0 Å². The van der Waals surface area contributed by atoms with Crippen LogP contribution in [0.1, 0.15) is 36.7 Å². The minimum atomic E-state index is -0.400. The Labute approximate surface area is 209 Å². The van der Waals surface area contributed by atoms with Crippen molar-refractivity contribution in [3.05, 3.63) is 82.0 Å². The molecule has 7 nitrogen and oxygen atoms in total. The first-order valence-electron chi connectivity index (χ1n) is 11.5. The lowest BCUT2D eigenvalue weighted by Gasteiger charge is -2.19. The topological polar surface area (TPSA) is 87.0 Å². The molecule has 7 heteroatoms. The Hall–Kier alpha value is -4.26. The van der Waals surface area contributed by atoms with Gasteiger partial charge in [-0.2, -0.15) is 0 Å². The lowest BCUT2D eigenvalue weighted by molar-refractivity contribution is 0.102. The van der Waals surface area contributed by atoms with Crippen LogP contribution in [-0.2, 0) is 5.41 Å². The Kier molecular flexibility index (Phi) is 6.75. The summed E-state index contributed by atoms with van der Waals surface area (Å²) in [4.78, 5) is 26.9. The number of ether oxygens (including phenoxy) is 3. The smallest absolute Gasteiger partial charge is 0.257 e. The lowest BCUT2D eigenvalue weighted by Crippen LogP contribution is -2.17. The zero-order chi connectivity index (χ0) is 26.0. The van der Waals surface area contributed by atoms with E-state index in [-0.39, 0.29) is 22.3 Å². The van der Waals surface area contributed by atoms with E-state index in [4.69, 9.17) is 18.6 Å². The molecule has 36 heavy (non-hydrogen) atoms. The van der Waals surface area contributed by atoms with E-state index in [0.717, 1.165) is 5.56 Å². The second-order valence-corrected chi connectivity index (χ2v) is 9.33. The molecule has 4 aromatic rings. The molecule has 0 aliphatic rings. The molecule has 0 radical (unpaired) electrons. The van der Waals surface area contributed by atoms with Crippen LogP contribution >= 0.6 is 0 Å². The van der Waals surface area contributed by atoms with E-state index in [1.807, 2.05) is 12.1 Å². The summed E-state index contributed by atoms with van der Waals surface area (Å²) >= 11 is 0. The number of benzene rings is 3. The molecule has 0 atom stereocenters. The van der Waals surface area contributed by atoms with Crippen LogP contribution in [0.5, 0.6) is 17.2 Å². The van der Waals surface area contributed by atoms with E-state index in [1.165, 1.54) is 21.3 Å². The van der Waals surface area contributed by atoms with Crippen LogP contribution in [0.3, 0.4) is 0 Å². The first-order valence-corrected chi connectivity index (χ1v) is 11.5. The van der Waals surface area contributed by atoms with Gasteiger partial charge >= 0.3 is 0 Å². The lowest BCUT2D eigenvalue weighted by atomic mass is 9.87. The summed E-state index contributed by atoms with van der Waals surface area (Å²) in [6, 6.07) is 17.5. The Bertz CT molecular complexity index is 1450. The number of carbonyl (C=O) groups excluding carboxylic acids is 1. The van der Waals surface area contributed by atoms with Crippen molar-refractivity contribution in [2.75, 3.05) is 26.6 Å². The quantitative estimate of drug-likeness (QED) is 0.357.